The van der Waals surface area contributed by atoms with Crippen molar-refractivity contribution in [3.8, 4) is 0 Å². The van der Waals surface area contributed by atoms with Crippen LogP contribution < -0.4 is 4.90 Å². The molecule has 3 heterocycles. The molecule has 3 rings (SSSR count). The monoisotopic (exact) mass is 308 g/mol. The zero-order chi connectivity index (χ0) is 14.7. The minimum atomic E-state index is -0.386. The number of hydrogen-bond donors (Lipinski definition) is 0. The van der Waals surface area contributed by atoms with E-state index in [1.165, 1.54) is 0 Å². The molecule has 0 aliphatic carbocycles. The van der Waals surface area contributed by atoms with E-state index in [1.54, 1.807) is 12.4 Å². The van der Waals surface area contributed by atoms with Crippen LogP contribution in [0.25, 0.3) is 0 Å². The van der Waals surface area contributed by atoms with Crippen molar-refractivity contribution in [3.05, 3.63) is 18.1 Å². The average molecular weight is 308 g/mol. The van der Waals surface area contributed by atoms with Crippen LogP contribution in [0, 0.1) is 6.92 Å². The van der Waals surface area contributed by atoms with E-state index < -0.39 is 0 Å². The van der Waals surface area contributed by atoms with Gasteiger partial charge < -0.3 is 14.5 Å². The molecule has 0 bridgehead atoms. The maximum absolute atomic E-state index is 12.5. The fraction of sp³-hybridized carbons (Fsp3) is 0.643. The van der Waals surface area contributed by atoms with E-state index in [0.29, 0.717) is 13.2 Å². The third-order valence-corrected chi connectivity index (χ3v) is 4.76. The first-order valence-electron chi connectivity index (χ1n) is 7.26. The molecule has 0 aromatic carbocycles. The van der Waals surface area contributed by atoms with Crippen LogP contribution in [0.2, 0.25) is 0 Å². The van der Waals surface area contributed by atoms with Gasteiger partial charge in [0.15, 0.2) is 6.10 Å². The number of carbonyl (C=O) groups excluding carboxylic acids is 1. The molecule has 0 N–H and O–H groups in total. The maximum atomic E-state index is 12.5. The van der Waals surface area contributed by atoms with Gasteiger partial charge in [0.1, 0.15) is 5.82 Å². The second-order valence-electron chi connectivity index (χ2n) is 5.21. The molecule has 2 saturated heterocycles. The lowest BCUT2D eigenvalue weighted by molar-refractivity contribution is -0.144. The highest BCUT2D eigenvalue weighted by molar-refractivity contribution is 7.99. The van der Waals surface area contributed by atoms with Crippen molar-refractivity contribution in [1.29, 1.82) is 0 Å². The van der Waals surface area contributed by atoms with Crippen LogP contribution in [-0.4, -0.2) is 71.2 Å². The smallest absolute Gasteiger partial charge is 0.253 e. The molecule has 2 fully saturated rings. The van der Waals surface area contributed by atoms with Crippen molar-refractivity contribution >= 4 is 23.5 Å². The number of hydrogen-bond acceptors (Lipinski definition) is 6. The van der Waals surface area contributed by atoms with Crippen molar-refractivity contribution in [2.75, 3.05) is 49.2 Å². The van der Waals surface area contributed by atoms with Crippen LogP contribution in [0.3, 0.4) is 0 Å². The van der Waals surface area contributed by atoms with Gasteiger partial charge in [-0.05, 0) is 6.92 Å². The molecule has 0 radical (unpaired) electrons. The lowest BCUT2D eigenvalue weighted by Crippen LogP contribution is -2.53. The third kappa shape index (κ3) is 3.29. The largest absolute Gasteiger partial charge is 0.365 e. The molecule has 1 atom stereocenters. The molecule has 0 spiro atoms. The first-order chi connectivity index (χ1) is 10.3. The Labute approximate surface area is 128 Å². The summed E-state index contributed by atoms with van der Waals surface area (Å²) in [6.45, 7) is 5.45. The van der Waals surface area contributed by atoms with Crippen molar-refractivity contribution in [2.24, 2.45) is 0 Å². The summed E-state index contributed by atoms with van der Waals surface area (Å²) in [7, 11) is 0. The lowest BCUT2D eigenvalue weighted by atomic mass is 10.2. The Morgan fingerprint density at radius 3 is 2.81 bits per heavy atom. The van der Waals surface area contributed by atoms with Gasteiger partial charge in [0, 0.05) is 43.5 Å². The van der Waals surface area contributed by atoms with Crippen LogP contribution in [0.15, 0.2) is 12.4 Å². The van der Waals surface area contributed by atoms with Gasteiger partial charge in [0.2, 0.25) is 0 Å². The fourth-order valence-electron chi connectivity index (χ4n) is 2.69. The molecule has 21 heavy (non-hydrogen) atoms. The van der Waals surface area contributed by atoms with Crippen LogP contribution in [-0.2, 0) is 9.53 Å². The summed E-state index contributed by atoms with van der Waals surface area (Å²) in [6, 6.07) is 0. The molecule has 0 saturated carbocycles. The van der Waals surface area contributed by atoms with E-state index >= 15 is 0 Å². The predicted molar refractivity (Wildman–Crippen MR) is 82.6 cm³/mol. The molecular weight excluding hydrogens is 288 g/mol. The summed E-state index contributed by atoms with van der Waals surface area (Å²) in [5, 5.41) is 0. The average Bonchev–Trinajstić information content (AvgIpc) is 2.55. The molecule has 1 amide bonds. The Morgan fingerprint density at radius 1 is 1.29 bits per heavy atom. The summed E-state index contributed by atoms with van der Waals surface area (Å²) in [5.41, 5.74) is 0.889. The Hall–Kier alpha value is -1.34. The first-order valence-corrected chi connectivity index (χ1v) is 8.42. The van der Waals surface area contributed by atoms with Gasteiger partial charge in [-0.1, -0.05) is 0 Å². The number of aryl methyl sites for hydroxylation is 1. The lowest BCUT2D eigenvalue weighted by Gasteiger charge is -2.36. The quantitative estimate of drug-likeness (QED) is 0.796. The van der Waals surface area contributed by atoms with Crippen LogP contribution >= 0.6 is 11.8 Å². The van der Waals surface area contributed by atoms with E-state index in [0.717, 1.165) is 42.7 Å². The number of thioether (sulfide) groups is 1. The zero-order valence-corrected chi connectivity index (χ0v) is 13.0. The summed E-state index contributed by atoms with van der Waals surface area (Å²) < 4.78 is 5.70. The Morgan fingerprint density at radius 2 is 2.05 bits per heavy atom. The van der Waals surface area contributed by atoms with Crippen LogP contribution in [0.1, 0.15) is 5.69 Å². The van der Waals surface area contributed by atoms with Crippen molar-refractivity contribution in [1.82, 2.24) is 14.9 Å². The van der Waals surface area contributed by atoms with E-state index in [2.05, 4.69) is 14.9 Å². The molecule has 2 aliphatic heterocycles. The van der Waals surface area contributed by atoms with Gasteiger partial charge in [0.05, 0.1) is 18.8 Å². The Kier molecular flexibility index (Phi) is 4.60. The minimum Gasteiger partial charge on any atom is -0.365 e. The predicted octanol–water partition coefficient (Wildman–Crippen LogP) is 0.566. The molecule has 1 aromatic rings. The number of morpholine rings is 1. The molecule has 6 nitrogen and oxygen atoms in total. The zero-order valence-electron chi connectivity index (χ0n) is 12.2. The van der Waals surface area contributed by atoms with E-state index in [-0.39, 0.29) is 12.0 Å². The number of carbonyl (C=O) groups is 1. The first kappa shape index (κ1) is 14.6. The summed E-state index contributed by atoms with van der Waals surface area (Å²) in [6.07, 6.45) is 2.99. The highest BCUT2D eigenvalue weighted by Gasteiger charge is 2.31. The number of aromatic nitrogens is 2. The molecule has 1 unspecified atom stereocenters. The highest BCUT2D eigenvalue weighted by Crippen LogP contribution is 2.19. The summed E-state index contributed by atoms with van der Waals surface area (Å²) in [5.74, 6) is 3.01. The summed E-state index contributed by atoms with van der Waals surface area (Å²) in [4.78, 5) is 25.2. The number of nitrogens with zero attached hydrogens (tertiary/aromatic N) is 4. The number of ether oxygens (including phenoxy) is 1. The third-order valence-electron chi connectivity index (χ3n) is 3.82. The minimum absolute atomic E-state index is 0.113. The number of anilines is 1. The second-order valence-corrected chi connectivity index (χ2v) is 6.43. The maximum Gasteiger partial charge on any atom is 0.253 e. The van der Waals surface area contributed by atoms with E-state index in [9.17, 15) is 4.79 Å². The van der Waals surface area contributed by atoms with Crippen LogP contribution in [0.4, 0.5) is 5.82 Å². The van der Waals surface area contributed by atoms with Gasteiger partial charge in [-0.25, -0.2) is 4.98 Å². The summed E-state index contributed by atoms with van der Waals surface area (Å²) >= 11 is 1.90. The van der Waals surface area contributed by atoms with Gasteiger partial charge in [0.25, 0.3) is 5.91 Å². The van der Waals surface area contributed by atoms with Gasteiger partial charge in [-0.3, -0.25) is 9.78 Å². The Balaban J connectivity index is 1.68. The van der Waals surface area contributed by atoms with Gasteiger partial charge >= 0.3 is 0 Å². The van der Waals surface area contributed by atoms with Crippen molar-refractivity contribution in [2.45, 2.75) is 13.0 Å². The molecule has 2 aliphatic rings. The second kappa shape index (κ2) is 6.62. The van der Waals surface area contributed by atoms with Crippen LogP contribution in [0.5, 0.6) is 0 Å². The van der Waals surface area contributed by atoms with E-state index in [1.807, 2.05) is 23.6 Å². The molecule has 1 aromatic heterocycles. The fourth-order valence-corrected chi connectivity index (χ4v) is 3.59. The molecule has 114 valence electrons. The normalized spacial score (nSPS) is 23.2. The van der Waals surface area contributed by atoms with Crippen molar-refractivity contribution < 1.29 is 9.53 Å². The number of rotatable bonds is 2. The number of amides is 1. The van der Waals surface area contributed by atoms with Gasteiger partial charge in [-0.2, -0.15) is 11.8 Å². The SMILES string of the molecule is Cc1nccnc1N1CCOC(C(=O)N2CCSCC2)C1. The standard InChI is InChI=1S/C14H20N4O2S/c1-11-13(16-3-2-15-11)18-4-7-20-12(10-18)14(19)17-5-8-21-9-6-17/h2-3,12H,4-10H2,1H3. The van der Waals surface area contributed by atoms with Gasteiger partial charge in [-0.15, -0.1) is 0 Å². The topological polar surface area (TPSA) is 58.6 Å². The highest BCUT2D eigenvalue weighted by atomic mass is 32.2. The van der Waals surface area contributed by atoms with E-state index in [4.69, 9.17) is 4.74 Å². The Bertz CT molecular complexity index is 508. The molecule has 7 heteroatoms. The molecular formula is C14H20N4O2S. The van der Waals surface area contributed by atoms with Crippen molar-refractivity contribution in [3.63, 3.8) is 0 Å².